The van der Waals surface area contributed by atoms with E-state index in [1.807, 2.05) is 0 Å². The van der Waals surface area contributed by atoms with Crippen molar-refractivity contribution in [2.24, 2.45) is 0 Å². The molecule has 59 heavy (non-hydrogen) atoms. The molecule has 0 heterocycles. The molecule has 0 saturated carbocycles. The first-order valence-electron chi connectivity index (χ1n) is 20.3. The number of hydrogen-bond acceptors (Lipinski definition) is 1. The van der Waals surface area contributed by atoms with Gasteiger partial charge in [-0.15, -0.1) is 0 Å². The Bertz CT molecular complexity index is 3240. The number of benzene rings is 11. The molecule has 1 heteroatoms. The Morgan fingerprint density at radius 3 is 1.17 bits per heavy atom. The number of rotatable bonds is 7. The minimum Gasteiger partial charge on any atom is -0.311 e. The van der Waals surface area contributed by atoms with Gasteiger partial charge in [-0.1, -0.05) is 194 Å². The van der Waals surface area contributed by atoms with E-state index in [9.17, 15) is 0 Å². The highest BCUT2D eigenvalue weighted by molar-refractivity contribution is 6.25. The van der Waals surface area contributed by atoms with Crippen LogP contribution in [0.25, 0.3) is 87.6 Å². The van der Waals surface area contributed by atoms with Crippen molar-refractivity contribution >= 4 is 60.2 Å². The number of hydrogen-bond donors (Lipinski definition) is 0. The highest BCUT2D eigenvalue weighted by Gasteiger charge is 2.17. The van der Waals surface area contributed by atoms with Crippen LogP contribution in [-0.4, -0.2) is 0 Å². The number of anilines is 3. The molecule has 0 amide bonds. The normalized spacial score (nSPS) is 11.4. The van der Waals surface area contributed by atoms with Crippen molar-refractivity contribution in [1.29, 1.82) is 0 Å². The molecule has 11 aromatic carbocycles. The summed E-state index contributed by atoms with van der Waals surface area (Å²) in [5.41, 5.74) is 13.0. The van der Waals surface area contributed by atoms with Gasteiger partial charge in [0.2, 0.25) is 0 Å². The standard InChI is InChI=1S/C58H39N/c1-3-13-40(14-4-1)41-23-31-47(32-24-41)59(49-35-27-44(28-36-49)51-37-29-43-15-7-8-18-50(43)58(51)45-16-5-2-6-17-45)48-33-25-42(26-34-48)46-30-38-56-54-21-10-9-19-52(54)53-20-11-12-22-55(53)57(56)39-46/h1-39H. The Morgan fingerprint density at radius 2 is 0.610 bits per heavy atom. The average molecular weight is 750 g/mol. The number of fused-ring (bicyclic) bond motifs is 7. The first-order valence-corrected chi connectivity index (χ1v) is 20.3. The van der Waals surface area contributed by atoms with Gasteiger partial charge in [-0.25, -0.2) is 0 Å². The van der Waals surface area contributed by atoms with Crippen molar-refractivity contribution in [3.8, 4) is 44.5 Å². The van der Waals surface area contributed by atoms with Crippen LogP contribution < -0.4 is 4.90 Å². The molecule has 11 aromatic rings. The molecule has 0 unspecified atom stereocenters. The highest BCUT2D eigenvalue weighted by Crippen LogP contribution is 2.42. The molecule has 0 radical (unpaired) electrons. The van der Waals surface area contributed by atoms with Gasteiger partial charge in [0.15, 0.2) is 0 Å². The molecular formula is C58H39N. The van der Waals surface area contributed by atoms with Gasteiger partial charge in [0.05, 0.1) is 0 Å². The van der Waals surface area contributed by atoms with E-state index in [0.29, 0.717) is 0 Å². The van der Waals surface area contributed by atoms with E-state index in [4.69, 9.17) is 0 Å². The fraction of sp³-hybridized carbons (Fsp3) is 0. The first kappa shape index (κ1) is 34.5. The molecule has 0 saturated heterocycles. The van der Waals surface area contributed by atoms with Gasteiger partial charge in [0, 0.05) is 17.1 Å². The molecule has 0 N–H and O–H groups in total. The molecule has 276 valence electrons. The summed E-state index contributed by atoms with van der Waals surface area (Å²) >= 11 is 0. The van der Waals surface area contributed by atoms with Gasteiger partial charge >= 0.3 is 0 Å². The van der Waals surface area contributed by atoms with Crippen molar-refractivity contribution in [2.45, 2.75) is 0 Å². The van der Waals surface area contributed by atoms with Gasteiger partial charge in [-0.3, -0.25) is 0 Å². The largest absolute Gasteiger partial charge is 0.311 e. The molecule has 0 bridgehead atoms. The minimum atomic E-state index is 1.10. The zero-order chi connectivity index (χ0) is 39.1. The van der Waals surface area contributed by atoms with Crippen LogP contribution in [0.3, 0.4) is 0 Å². The van der Waals surface area contributed by atoms with Crippen molar-refractivity contribution in [2.75, 3.05) is 4.90 Å². The van der Waals surface area contributed by atoms with Crippen LogP contribution in [0.1, 0.15) is 0 Å². The van der Waals surface area contributed by atoms with Crippen LogP contribution in [0.5, 0.6) is 0 Å². The van der Waals surface area contributed by atoms with Crippen molar-refractivity contribution in [3.63, 3.8) is 0 Å². The summed E-state index contributed by atoms with van der Waals surface area (Å²) in [6.45, 7) is 0. The van der Waals surface area contributed by atoms with Gasteiger partial charge in [-0.2, -0.15) is 0 Å². The van der Waals surface area contributed by atoms with E-state index in [2.05, 4.69) is 241 Å². The predicted molar refractivity (Wildman–Crippen MR) is 253 cm³/mol. The zero-order valence-corrected chi connectivity index (χ0v) is 32.5. The molecular weight excluding hydrogens is 711 g/mol. The van der Waals surface area contributed by atoms with Crippen molar-refractivity contribution in [1.82, 2.24) is 0 Å². The summed E-state index contributed by atoms with van der Waals surface area (Å²) < 4.78 is 0. The molecule has 0 aromatic heterocycles. The smallest absolute Gasteiger partial charge is 0.0462 e. The maximum absolute atomic E-state index is 2.37. The van der Waals surface area contributed by atoms with Gasteiger partial charge in [-0.05, 0) is 130 Å². The molecule has 0 fully saturated rings. The van der Waals surface area contributed by atoms with Crippen molar-refractivity contribution < 1.29 is 0 Å². The summed E-state index contributed by atoms with van der Waals surface area (Å²) in [6, 6.07) is 86.1. The SMILES string of the molecule is c1ccc(-c2ccc(N(c3ccc(-c4ccc5c6ccccc6c6ccccc6c5c4)cc3)c3ccc(-c4ccc5ccccc5c4-c4ccccc4)cc3)cc2)cc1. The quantitative estimate of drug-likeness (QED) is 0.147. The van der Waals surface area contributed by atoms with E-state index in [1.165, 1.54) is 87.6 Å². The highest BCUT2D eigenvalue weighted by atomic mass is 15.1. The second-order valence-corrected chi connectivity index (χ2v) is 15.3. The first-order chi connectivity index (χ1) is 29.3. The molecule has 0 spiro atoms. The second-order valence-electron chi connectivity index (χ2n) is 15.3. The van der Waals surface area contributed by atoms with Crippen LogP contribution in [0.15, 0.2) is 237 Å². The number of nitrogens with zero attached hydrogens (tertiary/aromatic N) is 1. The summed E-state index contributed by atoms with van der Waals surface area (Å²) in [5, 5.41) is 10.2. The third-order valence-electron chi connectivity index (χ3n) is 11.9. The van der Waals surface area contributed by atoms with E-state index < -0.39 is 0 Å². The van der Waals surface area contributed by atoms with Crippen molar-refractivity contribution in [3.05, 3.63) is 237 Å². The lowest BCUT2D eigenvalue weighted by Gasteiger charge is -2.26. The Labute approximate surface area is 344 Å². The molecule has 0 atom stereocenters. The van der Waals surface area contributed by atoms with Crippen LogP contribution in [0, 0.1) is 0 Å². The Kier molecular flexibility index (Phi) is 8.56. The second kappa shape index (κ2) is 14.6. The topological polar surface area (TPSA) is 3.24 Å². The molecule has 11 rings (SSSR count). The van der Waals surface area contributed by atoms with Gasteiger partial charge in [0.25, 0.3) is 0 Å². The van der Waals surface area contributed by atoms with Crippen LogP contribution in [0.4, 0.5) is 17.1 Å². The van der Waals surface area contributed by atoms with Crippen LogP contribution in [0.2, 0.25) is 0 Å². The fourth-order valence-corrected chi connectivity index (χ4v) is 8.99. The van der Waals surface area contributed by atoms with Gasteiger partial charge < -0.3 is 4.90 Å². The molecule has 0 aliphatic carbocycles. The van der Waals surface area contributed by atoms with E-state index in [0.717, 1.165) is 17.1 Å². The fourth-order valence-electron chi connectivity index (χ4n) is 8.99. The maximum Gasteiger partial charge on any atom is 0.0462 e. The van der Waals surface area contributed by atoms with Crippen LogP contribution >= 0.6 is 0 Å². The molecule has 0 aliphatic rings. The maximum atomic E-state index is 2.37. The summed E-state index contributed by atoms with van der Waals surface area (Å²) in [5.74, 6) is 0. The lowest BCUT2D eigenvalue weighted by molar-refractivity contribution is 1.28. The van der Waals surface area contributed by atoms with E-state index >= 15 is 0 Å². The van der Waals surface area contributed by atoms with E-state index in [1.54, 1.807) is 0 Å². The minimum absolute atomic E-state index is 1.10. The summed E-state index contributed by atoms with van der Waals surface area (Å²) in [7, 11) is 0. The third kappa shape index (κ3) is 6.21. The third-order valence-corrected chi connectivity index (χ3v) is 11.9. The monoisotopic (exact) mass is 749 g/mol. The van der Waals surface area contributed by atoms with Gasteiger partial charge in [0.1, 0.15) is 0 Å². The Hall–Kier alpha value is -7.74. The summed E-state index contributed by atoms with van der Waals surface area (Å²) in [6.07, 6.45) is 0. The Morgan fingerprint density at radius 1 is 0.220 bits per heavy atom. The molecule has 0 aliphatic heterocycles. The average Bonchev–Trinajstić information content (AvgIpc) is 3.32. The zero-order valence-electron chi connectivity index (χ0n) is 32.5. The van der Waals surface area contributed by atoms with E-state index in [-0.39, 0.29) is 0 Å². The lowest BCUT2D eigenvalue weighted by Crippen LogP contribution is -2.09. The summed E-state index contributed by atoms with van der Waals surface area (Å²) in [4.78, 5) is 2.36. The predicted octanol–water partition coefficient (Wildman–Crippen LogP) is 16.4. The molecule has 1 nitrogen and oxygen atoms in total. The van der Waals surface area contributed by atoms with Crippen LogP contribution in [-0.2, 0) is 0 Å². The lowest BCUT2D eigenvalue weighted by atomic mass is 9.90. The Balaban J connectivity index is 1.00.